The number of carbonyl (C=O) groups is 1. The zero-order chi connectivity index (χ0) is 8.48. The second kappa shape index (κ2) is 2.80. The largest absolute Gasteiger partial charge is 0.299 e. The SMILES string of the molecule is C=CCCC(=O)C1(C)CC1C. The molecule has 1 rings (SSSR count). The summed E-state index contributed by atoms with van der Waals surface area (Å²) >= 11 is 0. The van der Waals surface area contributed by atoms with Gasteiger partial charge in [0.2, 0.25) is 0 Å². The van der Waals surface area contributed by atoms with Crippen LogP contribution in [0.1, 0.15) is 33.1 Å². The van der Waals surface area contributed by atoms with Crippen LogP contribution in [0.2, 0.25) is 0 Å². The van der Waals surface area contributed by atoms with Gasteiger partial charge in [0, 0.05) is 11.8 Å². The summed E-state index contributed by atoms with van der Waals surface area (Å²) in [6.45, 7) is 7.82. The Morgan fingerprint density at radius 2 is 2.36 bits per heavy atom. The summed E-state index contributed by atoms with van der Waals surface area (Å²) in [4.78, 5) is 11.4. The number of rotatable bonds is 4. The topological polar surface area (TPSA) is 17.1 Å². The van der Waals surface area contributed by atoms with Crippen molar-refractivity contribution >= 4 is 5.78 Å². The molecule has 0 radical (unpaired) electrons. The number of ketones is 1. The molecule has 0 bridgehead atoms. The van der Waals surface area contributed by atoms with Crippen molar-refractivity contribution in [2.45, 2.75) is 33.1 Å². The minimum Gasteiger partial charge on any atom is -0.299 e. The Kier molecular flexibility index (Phi) is 2.17. The molecule has 0 aromatic carbocycles. The molecule has 1 fully saturated rings. The van der Waals surface area contributed by atoms with E-state index in [4.69, 9.17) is 0 Å². The Labute approximate surface area is 68.5 Å². The Bertz CT molecular complexity index is 183. The number of hydrogen-bond donors (Lipinski definition) is 0. The highest BCUT2D eigenvalue weighted by Gasteiger charge is 2.51. The molecule has 0 spiro atoms. The summed E-state index contributed by atoms with van der Waals surface area (Å²) in [5.74, 6) is 1.03. The Morgan fingerprint density at radius 3 is 2.73 bits per heavy atom. The summed E-state index contributed by atoms with van der Waals surface area (Å²) in [6, 6.07) is 0. The van der Waals surface area contributed by atoms with Gasteiger partial charge < -0.3 is 0 Å². The first-order chi connectivity index (χ1) is 5.11. The highest BCUT2D eigenvalue weighted by Crippen LogP contribution is 2.53. The molecule has 62 valence electrons. The van der Waals surface area contributed by atoms with Crippen LogP contribution in [0.3, 0.4) is 0 Å². The quantitative estimate of drug-likeness (QED) is 0.566. The lowest BCUT2D eigenvalue weighted by molar-refractivity contribution is -0.123. The van der Waals surface area contributed by atoms with E-state index in [9.17, 15) is 4.79 Å². The Morgan fingerprint density at radius 1 is 1.82 bits per heavy atom. The highest BCUT2D eigenvalue weighted by atomic mass is 16.1. The van der Waals surface area contributed by atoms with E-state index in [1.165, 1.54) is 0 Å². The second-order valence-corrected chi connectivity index (χ2v) is 3.77. The molecule has 0 saturated heterocycles. The van der Waals surface area contributed by atoms with Gasteiger partial charge in [-0.1, -0.05) is 19.9 Å². The van der Waals surface area contributed by atoms with E-state index in [0.29, 0.717) is 18.1 Å². The zero-order valence-electron chi connectivity index (χ0n) is 7.39. The van der Waals surface area contributed by atoms with Gasteiger partial charge in [-0.05, 0) is 18.8 Å². The van der Waals surface area contributed by atoms with E-state index in [1.807, 2.05) is 6.08 Å². The van der Waals surface area contributed by atoms with Gasteiger partial charge in [0.05, 0.1) is 0 Å². The molecular weight excluding hydrogens is 136 g/mol. The summed E-state index contributed by atoms with van der Waals surface area (Å²) in [6.07, 6.45) is 4.42. The van der Waals surface area contributed by atoms with Crippen molar-refractivity contribution in [3.63, 3.8) is 0 Å². The maximum absolute atomic E-state index is 11.4. The smallest absolute Gasteiger partial charge is 0.139 e. The standard InChI is InChI=1S/C10H16O/c1-4-5-6-9(11)10(3)7-8(10)2/h4,8H,1,5-7H2,2-3H3. The first-order valence-corrected chi connectivity index (χ1v) is 4.25. The zero-order valence-corrected chi connectivity index (χ0v) is 7.39. The molecule has 0 heterocycles. The van der Waals surface area contributed by atoms with E-state index in [1.54, 1.807) is 0 Å². The number of hydrogen-bond acceptors (Lipinski definition) is 1. The van der Waals surface area contributed by atoms with E-state index < -0.39 is 0 Å². The monoisotopic (exact) mass is 152 g/mol. The molecule has 1 heteroatoms. The van der Waals surface area contributed by atoms with Crippen molar-refractivity contribution in [2.75, 3.05) is 0 Å². The van der Waals surface area contributed by atoms with Crippen molar-refractivity contribution in [1.82, 2.24) is 0 Å². The third kappa shape index (κ3) is 1.52. The lowest BCUT2D eigenvalue weighted by atomic mass is 9.97. The van der Waals surface area contributed by atoms with Gasteiger partial charge in [-0.3, -0.25) is 4.79 Å². The molecule has 0 aliphatic heterocycles. The van der Waals surface area contributed by atoms with Gasteiger partial charge in [-0.2, -0.15) is 0 Å². The van der Waals surface area contributed by atoms with E-state index in [0.717, 1.165) is 12.8 Å². The van der Waals surface area contributed by atoms with Crippen LogP contribution in [-0.4, -0.2) is 5.78 Å². The fourth-order valence-electron chi connectivity index (χ4n) is 1.48. The van der Waals surface area contributed by atoms with Gasteiger partial charge in [0.1, 0.15) is 5.78 Å². The normalized spacial score (nSPS) is 34.9. The predicted octanol–water partition coefficient (Wildman–Crippen LogP) is 2.57. The maximum atomic E-state index is 11.4. The third-order valence-corrected chi connectivity index (χ3v) is 2.87. The number of allylic oxidation sites excluding steroid dienone is 1. The van der Waals surface area contributed by atoms with E-state index >= 15 is 0 Å². The van der Waals surface area contributed by atoms with Gasteiger partial charge in [0.15, 0.2) is 0 Å². The summed E-state index contributed by atoms with van der Waals surface area (Å²) in [7, 11) is 0. The molecule has 0 amide bonds. The van der Waals surface area contributed by atoms with Crippen LogP contribution in [0.25, 0.3) is 0 Å². The third-order valence-electron chi connectivity index (χ3n) is 2.87. The molecule has 2 unspecified atom stereocenters. The minimum atomic E-state index is 0.0308. The van der Waals surface area contributed by atoms with E-state index in [-0.39, 0.29) is 5.41 Å². The van der Waals surface area contributed by atoms with Crippen molar-refractivity contribution in [3.8, 4) is 0 Å². The molecule has 1 aliphatic rings. The van der Waals surface area contributed by atoms with Crippen LogP contribution in [-0.2, 0) is 4.79 Å². The molecular formula is C10H16O. The van der Waals surface area contributed by atoms with Crippen LogP contribution in [0.5, 0.6) is 0 Å². The first-order valence-electron chi connectivity index (χ1n) is 4.25. The van der Waals surface area contributed by atoms with Crippen molar-refractivity contribution in [3.05, 3.63) is 12.7 Å². The van der Waals surface area contributed by atoms with Crippen LogP contribution >= 0.6 is 0 Å². The maximum Gasteiger partial charge on any atom is 0.139 e. The molecule has 0 aromatic rings. The van der Waals surface area contributed by atoms with Crippen molar-refractivity contribution in [2.24, 2.45) is 11.3 Å². The lowest BCUT2D eigenvalue weighted by Gasteiger charge is -2.06. The number of Topliss-reactive ketones (excluding diaryl/α,β-unsaturated/α-hetero) is 1. The van der Waals surface area contributed by atoms with Gasteiger partial charge >= 0.3 is 0 Å². The Balaban J connectivity index is 2.37. The molecule has 0 N–H and O–H groups in total. The predicted molar refractivity (Wildman–Crippen MR) is 46.3 cm³/mol. The molecule has 1 nitrogen and oxygen atoms in total. The fraction of sp³-hybridized carbons (Fsp3) is 0.700. The fourth-order valence-corrected chi connectivity index (χ4v) is 1.48. The lowest BCUT2D eigenvalue weighted by Crippen LogP contribution is -2.12. The van der Waals surface area contributed by atoms with E-state index in [2.05, 4.69) is 20.4 Å². The summed E-state index contributed by atoms with van der Waals surface area (Å²) in [5.41, 5.74) is 0.0308. The summed E-state index contributed by atoms with van der Waals surface area (Å²) < 4.78 is 0. The van der Waals surface area contributed by atoms with Gasteiger partial charge in [0.25, 0.3) is 0 Å². The first kappa shape index (κ1) is 8.51. The van der Waals surface area contributed by atoms with Crippen molar-refractivity contribution in [1.29, 1.82) is 0 Å². The molecule has 11 heavy (non-hydrogen) atoms. The van der Waals surface area contributed by atoms with Gasteiger partial charge in [-0.15, -0.1) is 6.58 Å². The second-order valence-electron chi connectivity index (χ2n) is 3.77. The summed E-state index contributed by atoms with van der Waals surface area (Å²) in [5, 5.41) is 0. The molecule has 1 saturated carbocycles. The van der Waals surface area contributed by atoms with Crippen LogP contribution in [0.15, 0.2) is 12.7 Å². The van der Waals surface area contributed by atoms with Crippen LogP contribution in [0, 0.1) is 11.3 Å². The van der Waals surface area contributed by atoms with Crippen LogP contribution in [0.4, 0.5) is 0 Å². The van der Waals surface area contributed by atoms with Gasteiger partial charge in [-0.25, -0.2) is 0 Å². The average molecular weight is 152 g/mol. The number of carbonyl (C=O) groups excluding carboxylic acids is 1. The highest BCUT2D eigenvalue weighted by molar-refractivity contribution is 5.87. The minimum absolute atomic E-state index is 0.0308. The Hall–Kier alpha value is -0.590. The molecule has 0 aromatic heterocycles. The molecule has 1 aliphatic carbocycles. The van der Waals surface area contributed by atoms with Crippen LogP contribution < -0.4 is 0 Å². The van der Waals surface area contributed by atoms with Crippen molar-refractivity contribution < 1.29 is 4.79 Å². The average Bonchev–Trinajstić information content (AvgIpc) is 2.56. The molecule has 2 atom stereocenters.